The Morgan fingerprint density at radius 1 is 1.10 bits per heavy atom. The van der Waals surface area contributed by atoms with Crippen molar-refractivity contribution in [3.63, 3.8) is 0 Å². The van der Waals surface area contributed by atoms with Gasteiger partial charge in [-0.05, 0) is 58.8 Å². The van der Waals surface area contributed by atoms with E-state index in [9.17, 15) is 9.59 Å². The van der Waals surface area contributed by atoms with Crippen LogP contribution in [0.2, 0.25) is 0 Å². The maximum atomic E-state index is 12.3. The number of ether oxygens (including phenoxy) is 2. The Morgan fingerprint density at radius 2 is 1.86 bits per heavy atom. The van der Waals surface area contributed by atoms with Gasteiger partial charge in [0.25, 0.3) is 11.8 Å². The summed E-state index contributed by atoms with van der Waals surface area (Å²) in [6.07, 6.45) is 0.782. The highest BCUT2D eigenvalue weighted by Crippen LogP contribution is 2.26. The summed E-state index contributed by atoms with van der Waals surface area (Å²) in [6, 6.07) is 15.0. The van der Waals surface area contributed by atoms with Crippen LogP contribution in [0.25, 0.3) is 0 Å². The fourth-order valence-corrected chi connectivity index (χ4v) is 2.88. The van der Waals surface area contributed by atoms with Crippen molar-refractivity contribution < 1.29 is 19.1 Å². The van der Waals surface area contributed by atoms with Gasteiger partial charge < -0.3 is 9.47 Å². The molecule has 0 heterocycles. The third-order valence-corrected chi connectivity index (χ3v) is 4.49. The first-order valence-corrected chi connectivity index (χ1v) is 10.1. The van der Waals surface area contributed by atoms with Gasteiger partial charge in [-0.3, -0.25) is 25.8 Å². The Labute approximate surface area is 183 Å². The minimum atomic E-state index is -0.418. The van der Waals surface area contributed by atoms with Crippen LogP contribution in [0, 0.1) is 0 Å². The minimum absolute atomic E-state index is 0.0286. The highest BCUT2D eigenvalue weighted by Gasteiger charge is 2.11. The van der Waals surface area contributed by atoms with E-state index in [0.29, 0.717) is 29.0 Å². The van der Waals surface area contributed by atoms with E-state index < -0.39 is 11.8 Å². The van der Waals surface area contributed by atoms with Crippen LogP contribution < -0.4 is 20.9 Å². The third-order valence-electron chi connectivity index (χ3n) is 3.66. The molecule has 0 atom stereocenters. The summed E-state index contributed by atoms with van der Waals surface area (Å²) in [6.45, 7) is 2.63. The first kappa shape index (κ1) is 22.8. The van der Waals surface area contributed by atoms with Crippen LogP contribution in [-0.4, -0.2) is 36.7 Å². The number of rotatable bonds is 8. The Kier molecular flexibility index (Phi) is 9.55. The number of halogens is 1. The van der Waals surface area contributed by atoms with E-state index in [-0.39, 0.29) is 11.7 Å². The number of nitrogens with one attached hydrogen (secondary N) is 3. The number of carbonyl (C=O) groups excluding carboxylic acids is 2. The number of thiocarbonyl (C=S) groups is 1. The maximum Gasteiger partial charge on any atom is 0.264 e. The van der Waals surface area contributed by atoms with Gasteiger partial charge in [-0.1, -0.05) is 30.3 Å². The van der Waals surface area contributed by atoms with Crippen molar-refractivity contribution in [1.82, 2.24) is 16.2 Å². The fraction of sp³-hybridized carbons (Fsp3) is 0.250. The zero-order valence-corrected chi connectivity index (χ0v) is 18.3. The largest absolute Gasteiger partial charge is 0.492 e. The number of hydrazine groups is 1. The van der Waals surface area contributed by atoms with E-state index in [0.717, 1.165) is 6.42 Å². The molecule has 0 aliphatic carbocycles. The lowest BCUT2D eigenvalue weighted by molar-refractivity contribution is -0.126. The summed E-state index contributed by atoms with van der Waals surface area (Å²) < 4.78 is 11.4. The van der Waals surface area contributed by atoms with E-state index in [1.54, 1.807) is 25.1 Å². The van der Waals surface area contributed by atoms with Gasteiger partial charge in [0.05, 0.1) is 11.1 Å². The molecule has 7 nitrogen and oxygen atoms in total. The predicted molar refractivity (Wildman–Crippen MR) is 118 cm³/mol. The highest BCUT2D eigenvalue weighted by molar-refractivity contribution is 9.10. The number of hydrogen-bond acceptors (Lipinski definition) is 5. The van der Waals surface area contributed by atoms with Crippen LogP contribution in [0.4, 0.5) is 0 Å². The zero-order chi connectivity index (χ0) is 21.1. The molecular weight excluding hydrogens is 458 g/mol. The normalized spacial score (nSPS) is 10.1. The molecule has 2 aromatic carbocycles. The average Bonchev–Trinajstić information content (AvgIpc) is 2.72. The molecule has 2 rings (SSSR count). The van der Waals surface area contributed by atoms with Gasteiger partial charge in [0.2, 0.25) is 0 Å². The minimum Gasteiger partial charge on any atom is -0.492 e. The molecule has 0 aliphatic rings. The molecular formula is C20H22BrN3O4S. The van der Waals surface area contributed by atoms with Crippen LogP contribution in [-0.2, 0) is 16.0 Å². The Morgan fingerprint density at radius 3 is 2.55 bits per heavy atom. The number of carbonyl (C=O) groups is 2. The van der Waals surface area contributed by atoms with E-state index in [4.69, 9.17) is 21.7 Å². The number of benzene rings is 2. The molecule has 0 spiro atoms. The Balaban J connectivity index is 1.81. The van der Waals surface area contributed by atoms with E-state index in [1.807, 2.05) is 30.3 Å². The Bertz CT molecular complexity index is 849. The van der Waals surface area contributed by atoms with Crippen molar-refractivity contribution in [2.45, 2.75) is 13.3 Å². The molecule has 29 heavy (non-hydrogen) atoms. The molecule has 0 aliphatic heterocycles. The van der Waals surface area contributed by atoms with Gasteiger partial charge in [0.1, 0.15) is 12.4 Å². The summed E-state index contributed by atoms with van der Waals surface area (Å²) in [4.78, 5) is 23.7. The molecule has 0 saturated carbocycles. The summed E-state index contributed by atoms with van der Waals surface area (Å²) in [5.41, 5.74) is 6.35. The van der Waals surface area contributed by atoms with Gasteiger partial charge >= 0.3 is 0 Å². The van der Waals surface area contributed by atoms with Crippen LogP contribution in [0.3, 0.4) is 0 Å². The van der Waals surface area contributed by atoms with Crippen molar-refractivity contribution in [1.29, 1.82) is 0 Å². The van der Waals surface area contributed by atoms with Crippen molar-refractivity contribution in [2.24, 2.45) is 0 Å². The molecule has 0 saturated heterocycles. The van der Waals surface area contributed by atoms with E-state index in [2.05, 4.69) is 32.1 Å². The molecule has 0 fully saturated rings. The van der Waals surface area contributed by atoms with Gasteiger partial charge in [-0.2, -0.15) is 0 Å². The molecule has 9 heteroatoms. The molecule has 0 unspecified atom stereocenters. The van der Waals surface area contributed by atoms with Gasteiger partial charge in [-0.25, -0.2) is 0 Å². The van der Waals surface area contributed by atoms with Crippen LogP contribution in [0.15, 0.2) is 53.0 Å². The average molecular weight is 480 g/mol. The molecule has 3 N–H and O–H groups in total. The maximum absolute atomic E-state index is 12.3. The van der Waals surface area contributed by atoms with Crippen molar-refractivity contribution >= 4 is 45.1 Å². The van der Waals surface area contributed by atoms with Crippen LogP contribution >= 0.6 is 28.1 Å². The van der Waals surface area contributed by atoms with Crippen LogP contribution in [0.1, 0.15) is 22.8 Å². The van der Waals surface area contributed by atoms with E-state index in [1.165, 1.54) is 5.56 Å². The van der Waals surface area contributed by atoms with Gasteiger partial charge in [0, 0.05) is 18.6 Å². The molecule has 0 radical (unpaired) electrons. The quantitative estimate of drug-likeness (QED) is 0.398. The lowest BCUT2D eigenvalue weighted by Crippen LogP contribution is -2.49. The summed E-state index contributed by atoms with van der Waals surface area (Å²) in [5.74, 6) is -0.178. The SMILES string of the molecule is CCOCC(=O)NNC(=S)NC(=O)c1ccc(OCCc2ccccc2)c(Br)c1. The molecule has 0 aromatic heterocycles. The second-order valence-corrected chi connectivity index (χ2v) is 7.09. The second kappa shape index (κ2) is 12.2. The monoisotopic (exact) mass is 479 g/mol. The van der Waals surface area contributed by atoms with E-state index >= 15 is 0 Å². The number of amides is 2. The van der Waals surface area contributed by atoms with Crippen LogP contribution in [0.5, 0.6) is 5.75 Å². The third kappa shape index (κ3) is 8.18. The summed E-state index contributed by atoms with van der Waals surface area (Å²) >= 11 is 8.41. The first-order valence-electron chi connectivity index (χ1n) is 8.93. The lowest BCUT2D eigenvalue weighted by atomic mass is 10.2. The smallest absolute Gasteiger partial charge is 0.264 e. The van der Waals surface area contributed by atoms with Gasteiger partial charge in [0.15, 0.2) is 5.11 Å². The summed E-state index contributed by atoms with van der Waals surface area (Å²) in [7, 11) is 0. The summed E-state index contributed by atoms with van der Waals surface area (Å²) in [5, 5.41) is 2.45. The van der Waals surface area contributed by atoms with Gasteiger partial charge in [-0.15, -0.1) is 0 Å². The lowest BCUT2D eigenvalue weighted by Gasteiger charge is -2.12. The highest BCUT2D eigenvalue weighted by atomic mass is 79.9. The second-order valence-electron chi connectivity index (χ2n) is 5.82. The molecule has 2 aromatic rings. The topological polar surface area (TPSA) is 88.7 Å². The zero-order valence-electron chi connectivity index (χ0n) is 15.9. The fourth-order valence-electron chi connectivity index (χ4n) is 2.25. The van der Waals surface area contributed by atoms with Crippen molar-refractivity contribution in [2.75, 3.05) is 19.8 Å². The molecule has 2 amide bonds. The predicted octanol–water partition coefficient (Wildman–Crippen LogP) is 2.74. The van der Waals surface area contributed by atoms with Crippen molar-refractivity contribution in [3.8, 4) is 5.75 Å². The molecule has 0 bridgehead atoms. The van der Waals surface area contributed by atoms with Crippen molar-refractivity contribution in [3.05, 3.63) is 64.1 Å². The first-order chi connectivity index (χ1) is 14.0. The standard InChI is InChI=1S/C20H22BrN3O4S/c1-2-27-13-18(25)23-24-20(29)22-19(26)15-8-9-17(16(21)12-15)28-11-10-14-6-4-3-5-7-14/h3-9,12H,2,10-11,13H2,1H3,(H,23,25)(H2,22,24,26,29). The molecule has 154 valence electrons. The number of hydrogen-bond donors (Lipinski definition) is 3. The Hall–Kier alpha value is -2.49.